The predicted octanol–water partition coefficient (Wildman–Crippen LogP) is 13.7. The summed E-state index contributed by atoms with van der Waals surface area (Å²) in [6, 6.07) is 29.8. The lowest BCUT2D eigenvalue weighted by atomic mass is 9.96. The van der Waals surface area contributed by atoms with Gasteiger partial charge in [0.25, 0.3) is 0 Å². The smallest absolute Gasteiger partial charge is 0.00122 e. The van der Waals surface area contributed by atoms with E-state index in [4.69, 9.17) is 0 Å². The Labute approximate surface area is 306 Å². The van der Waals surface area contributed by atoms with Crippen molar-refractivity contribution in [2.45, 2.75) is 26.2 Å². The topological polar surface area (TPSA) is 0 Å². The van der Waals surface area contributed by atoms with Crippen molar-refractivity contribution in [3.8, 4) is 0 Å². The molecule has 0 fully saturated rings. The monoisotopic (exact) mass is 660 g/mol. The molecule has 3 aromatic rings. The first-order valence-corrected chi connectivity index (χ1v) is 17.9. The van der Waals surface area contributed by atoms with E-state index in [2.05, 4.69) is 238 Å². The molecule has 3 aliphatic rings. The average Bonchev–Trinajstić information content (AvgIpc) is 3.17. The lowest BCUT2D eigenvalue weighted by Crippen LogP contribution is -1.94. The third-order valence-electron chi connectivity index (χ3n) is 8.56. The zero-order chi connectivity index (χ0) is 35.2. The van der Waals surface area contributed by atoms with E-state index < -0.39 is 0 Å². The molecule has 6 rings (SSSR count). The second-order valence-electron chi connectivity index (χ2n) is 12.5. The molecule has 0 saturated carbocycles. The predicted molar refractivity (Wildman–Crippen MR) is 225 cm³/mol. The second kappa shape index (κ2) is 21.2. The van der Waals surface area contributed by atoms with Gasteiger partial charge < -0.3 is 0 Å². The lowest BCUT2D eigenvalue weighted by Gasteiger charge is -2.09. The Morgan fingerprint density at radius 3 is 1.80 bits per heavy atom. The summed E-state index contributed by atoms with van der Waals surface area (Å²) in [7, 11) is 0. The quantitative estimate of drug-likeness (QED) is 0.257. The fourth-order valence-electron chi connectivity index (χ4n) is 5.70. The minimum Gasteiger partial charge on any atom is -0.0842 e. The Bertz CT molecular complexity index is 1980. The third-order valence-corrected chi connectivity index (χ3v) is 8.56. The minimum atomic E-state index is 0.406. The summed E-state index contributed by atoms with van der Waals surface area (Å²) in [5, 5.41) is 0. The molecular formula is C51H48. The number of rotatable bonds is 2. The van der Waals surface area contributed by atoms with Crippen molar-refractivity contribution in [3.05, 3.63) is 258 Å². The highest BCUT2D eigenvalue weighted by atomic mass is 14.1. The minimum absolute atomic E-state index is 0.406. The van der Waals surface area contributed by atoms with E-state index in [-0.39, 0.29) is 0 Å². The molecule has 0 aliphatic heterocycles. The molecule has 3 aromatic carbocycles. The highest BCUT2D eigenvalue weighted by Crippen LogP contribution is 2.20. The SMILES string of the molecule is CC1=C/C=C/C=C(c2ccccc2)\C=C/C=C/C=C\C2C=CC(=CC2)/C=C/C=C/C=C(c2ccccc2)\C=C/C=C/CCc2ccccc2\C=C\1. The molecule has 1 unspecified atom stereocenters. The molecule has 0 saturated heterocycles. The van der Waals surface area contributed by atoms with Gasteiger partial charge in [0.1, 0.15) is 0 Å². The average molecular weight is 661 g/mol. The molecule has 2 bridgehead atoms. The molecule has 0 amide bonds. The van der Waals surface area contributed by atoms with Crippen molar-refractivity contribution in [1.29, 1.82) is 0 Å². The largest absolute Gasteiger partial charge is 0.0842 e. The maximum Gasteiger partial charge on any atom is -0.00122 e. The maximum atomic E-state index is 2.31. The normalized spacial score (nSPS) is 26.3. The molecule has 252 valence electrons. The fourth-order valence-corrected chi connectivity index (χ4v) is 5.70. The standard InChI is InChI=1S/C51H48/c1-43-23-19-20-34-49(48-32-17-8-18-33-48)27-11-3-2-9-24-44-38-40-45(41-39-44)25-10-6-14-29-46(47-30-15-7-16-31-47)26-12-4-5-13-28-50-35-21-22-36-51(50)42-37-43/h2-12,14-27,29-38,40-42,44H,13,28,39H2,1H3/b3-2+,5-4+,14-6+,20-19+,24-9-,25-10+,26-12-,27-11-,42-37+,43-23-,46-29+,49-34+. The summed E-state index contributed by atoms with van der Waals surface area (Å²) in [5.41, 5.74) is 9.78. The van der Waals surface area contributed by atoms with Crippen molar-refractivity contribution in [1.82, 2.24) is 0 Å². The van der Waals surface area contributed by atoms with Gasteiger partial charge in [0.2, 0.25) is 0 Å². The van der Waals surface area contributed by atoms with Crippen LogP contribution in [0.15, 0.2) is 236 Å². The Morgan fingerprint density at radius 1 is 0.471 bits per heavy atom. The van der Waals surface area contributed by atoms with Gasteiger partial charge in [-0.1, -0.05) is 236 Å². The van der Waals surface area contributed by atoms with Gasteiger partial charge in [0, 0.05) is 0 Å². The summed E-state index contributed by atoms with van der Waals surface area (Å²) >= 11 is 0. The van der Waals surface area contributed by atoms with Crippen LogP contribution in [-0.2, 0) is 6.42 Å². The van der Waals surface area contributed by atoms with E-state index in [1.165, 1.54) is 39.0 Å². The number of fused-ring (bicyclic) bond motifs is 13. The van der Waals surface area contributed by atoms with Crippen molar-refractivity contribution in [2.75, 3.05) is 0 Å². The van der Waals surface area contributed by atoms with Crippen LogP contribution in [0.4, 0.5) is 0 Å². The Hall–Kier alpha value is -5.98. The van der Waals surface area contributed by atoms with Crippen LogP contribution in [-0.4, -0.2) is 0 Å². The van der Waals surface area contributed by atoms with E-state index in [1.54, 1.807) is 0 Å². The van der Waals surface area contributed by atoms with E-state index in [9.17, 15) is 0 Å². The first-order chi connectivity index (χ1) is 25.2. The summed E-state index contributed by atoms with van der Waals surface area (Å²) in [5.74, 6) is 0.406. The van der Waals surface area contributed by atoms with Crippen LogP contribution in [0.3, 0.4) is 0 Å². The molecule has 0 nitrogen and oxygen atoms in total. The van der Waals surface area contributed by atoms with Crippen LogP contribution in [0.1, 0.15) is 42.0 Å². The van der Waals surface area contributed by atoms with Gasteiger partial charge in [-0.15, -0.1) is 0 Å². The maximum absolute atomic E-state index is 2.31. The molecular weight excluding hydrogens is 613 g/mol. The highest BCUT2D eigenvalue weighted by Gasteiger charge is 2.03. The van der Waals surface area contributed by atoms with Crippen LogP contribution < -0.4 is 0 Å². The number of allylic oxidation sites excluding steroid dienone is 27. The number of aryl methyl sites for hydroxylation is 1. The second-order valence-corrected chi connectivity index (χ2v) is 12.5. The number of benzene rings is 3. The van der Waals surface area contributed by atoms with E-state index in [0.29, 0.717) is 5.92 Å². The highest BCUT2D eigenvalue weighted by molar-refractivity contribution is 5.76. The molecule has 51 heavy (non-hydrogen) atoms. The fraction of sp³-hybridized carbons (Fsp3) is 0.0980. The van der Waals surface area contributed by atoms with Crippen molar-refractivity contribution in [2.24, 2.45) is 5.92 Å². The molecule has 0 spiro atoms. The Kier molecular flexibility index (Phi) is 15.1. The molecule has 3 aliphatic carbocycles. The van der Waals surface area contributed by atoms with Gasteiger partial charge >= 0.3 is 0 Å². The Morgan fingerprint density at radius 2 is 1.08 bits per heavy atom. The number of hydrogen-bond donors (Lipinski definition) is 0. The summed E-state index contributed by atoms with van der Waals surface area (Å²) in [4.78, 5) is 0. The third kappa shape index (κ3) is 13.1. The summed E-state index contributed by atoms with van der Waals surface area (Å²) < 4.78 is 0. The number of hydrogen-bond acceptors (Lipinski definition) is 0. The first kappa shape index (κ1) is 36.3. The molecule has 0 radical (unpaired) electrons. The van der Waals surface area contributed by atoms with Crippen LogP contribution >= 0.6 is 0 Å². The van der Waals surface area contributed by atoms with E-state index in [0.717, 1.165) is 24.8 Å². The first-order valence-electron chi connectivity index (χ1n) is 17.9. The molecule has 0 N–H and O–H groups in total. The van der Waals surface area contributed by atoms with Crippen LogP contribution in [0.2, 0.25) is 0 Å². The van der Waals surface area contributed by atoms with Crippen molar-refractivity contribution >= 4 is 17.2 Å². The Balaban J connectivity index is 1.37. The van der Waals surface area contributed by atoms with Crippen LogP contribution in [0.25, 0.3) is 17.2 Å². The van der Waals surface area contributed by atoms with Gasteiger partial charge in [-0.2, -0.15) is 0 Å². The zero-order valence-corrected chi connectivity index (χ0v) is 29.6. The molecule has 0 aromatic heterocycles. The lowest BCUT2D eigenvalue weighted by molar-refractivity contribution is 0.817. The van der Waals surface area contributed by atoms with Gasteiger partial charge in [0.05, 0.1) is 0 Å². The molecule has 1 atom stereocenters. The van der Waals surface area contributed by atoms with Crippen LogP contribution in [0, 0.1) is 5.92 Å². The zero-order valence-electron chi connectivity index (χ0n) is 29.6. The van der Waals surface area contributed by atoms with Crippen molar-refractivity contribution < 1.29 is 0 Å². The van der Waals surface area contributed by atoms with Gasteiger partial charge in [-0.05, 0) is 71.1 Å². The van der Waals surface area contributed by atoms with Gasteiger partial charge in [-0.3, -0.25) is 0 Å². The summed E-state index contributed by atoms with van der Waals surface area (Å²) in [6.45, 7) is 2.15. The van der Waals surface area contributed by atoms with Gasteiger partial charge in [-0.25, -0.2) is 0 Å². The van der Waals surface area contributed by atoms with Crippen molar-refractivity contribution in [3.63, 3.8) is 0 Å². The van der Waals surface area contributed by atoms with E-state index >= 15 is 0 Å². The van der Waals surface area contributed by atoms with E-state index in [1.807, 2.05) is 0 Å². The summed E-state index contributed by atoms with van der Waals surface area (Å²) in [6.07, 6.45) is 55.1. The van der Waals surface area contributed by atoms with Crippen LogP contribution in [0.5, 0.6) is 0 Å². The van der Waals surface area contributed by atoms with Gasteiger partial charge in [0.15, 0.2) is 0 Å². The molecule has 0 heterocycles. The molecule has 0 heteroatoms.